The fraction of sp³-hybridized carbons (Fsp3) is 0.867. The van der Waals surface area contributed by atoms with Gasteiger partial charge >= 0.3 is 5.97 Å². The van der Waals surface area contributed by atoms with E-state index in [1.54, 1.807) is 0 Å². The predicted octanol–water partition coefficient (Wildman–Crippen LogP) is 3.86. The number of carbonyl (C=O) groups excluding carboxylic acids is 4. The topological polar surface area (TPSA) is 90.0 Å². The minimum absolute atomic E-state index is 0.0560. The summed E-state index contributed by atoms with van der Waals surface area (Å²) in [5.41, 5.74) is -0.581. The zero-order valence-corrected chi connectivity index (χ0v) is 23.0. The molecule has 0 spiro atoms. The highest BCUT2D eigenvalue weighted by atomic mass is 16.5. The summed E-state index contributed by atoms with van der Waals surface area (Å²) in [7, 11) is 0. The van der Waals surface area contributed by atoms with Gasteiger partial charge in [0.05, 0.1) is 13.2 Å². The first-order valence-corrected chi connectivity index (χ1v) is 14.7. The highest BCUT2D eigenvalue weighted by Crippen LogP contribution is 2.66. The molecular weight excluding hydrogens is 470 g/mol. The van der Waals surface area contributed by atoms with Crippen molar-refractivity contribution in [1.82, 2.24) is 4.90 Å². The number of hydrogen-bond donors (Lipinski definition) is 0. The summed E-state index contributed by atoms with van der Waals surface area (Å²) in [4.78, 5) is 54.3. The van der Waals surface area contributed by atoms with Crippen molar-refractivity contribution < 1.29 is 28.7 Å². The Morgan fingerprint density at radius 3 is 2.59 bits per heavy atom. The van der Waals surface area contributed by atoms with Crippen molar-refractivity contribution in [3.8, 4) is 0 Å². The number of hydrogen-bond acceptors (Lipinski definition) is 7. The predicted molar refractivity (Wildman–Crippen MR) is 138 cm³/mol. The maximum Gasteiger partial charge on any atom is 0.305 e. The molecule has 0 amide bonds. The van der Waals surface area contributed by atoms with Crippen molar-refractivity contribution in [2.75, 3.05) is 39.5 Å². The quantitative estimate of drug-likeness (QED) is 0.476. The number of nitrogens with zero attached hydrogens (tertiary/aromatic N) is 1. The molecule has 4 aliphatic carbocycles. The van der Waals surface area contributed by atoms with Crippen LogP contribution in [0.2, 0.25) is 0 Å². The Hall–Kier alpha value is -1.60. The third kappa shape index (κ3) is 4.84. The van der Waals surface area contributed by atoms with E-state index in [4.69, 9.17) is 9.47 Å². The standard InChI is InChI=1S/C30H45NO6/c1-19(4-7-27(35)37-15-12-31-10-13-36-14-11-31)22-5-6-23-28-24(18-26(34)30(22,23)3)29(2)9-8-21(32)16-20(29)17-25(28)33/h19-20,22-24,28H,4-18H2,1-3H3/t19?,20-,22?,23-,24-,28-,29-,30+/m0/s1. The fourth-order valence-electron chi connectivity index (χ4n) is 9.12. The third-order valence-corrected chi connectivity index (χ3v) is 11.5. The van der Waals surface area contributed by atoms with E-state index in [0.717, 1.165) is 52.1 Å². The minimum atomic E-state index is -0.496. The first kappa shape index (κ1) is 27.0. The normalized spacial score (nSPS) is 41.1. The van der Waals surface area contributed by atoms with Crippen LogP contribution in [0.15, 0.2) is 0 Å². The van der Waals surface area contributed by atoms with Crippen LogP contribution in [0.3, 0.4) is 0 Å². The molecule has 0 N–H and O–H groups in total. The molecule has 5 aliphatic rings. The van der Waals surface area contributed by atoms with Crippen LogP contribution in [0.4, 0.5) is 0 Å². The first-order chi connectivity index (χ1) is 17.6. The average Bonchev–Trinajstić information content (AvgIpc) is 3.23. The lowest BCUT2D eigenvalue weighted by molar-refractivity contribution is -0.166. The number of ketones is 3. The van der Waals surface area contributed by atoms with Crippen LogP contribution >= 0.6 is 0 Å². The Morgan fingerprint density at radius 2 is 1.84 bits per heavy atom. The number of carbonyl (C=O) groups is 4. The number of fused-ring (bicyclic) bond motifs is 5. The van der Waals surface area contributed by atoms with Crippen molar-refractivity contribution in [3.63, 3.8) is 0 Å². The van der Waals surface area contributed by atoms with Crippen LogP contribution in [0.1, 0.15) is 78.6 Å². The van der Waals surface area contributed by atoms with Gasteiger partial charge in [-0.15, -0.1) is 0 Å². The molecule has 7 nitrogen and oxygen atoms in total. The van der Waals surface area contributed by atoms with Gasteiger partial charge in [0.25, 0.3) is 0 Å². The number of Topliss-reactive ketones (excluding diaryl/α,β-unsaturated/α-hetero) is 3. The molecule has 0 aromatic carbocycles. The van der Waals surface area contributed by atoms with Gasteiger partial charge in [-0.05, 0) is 60.7 Å². The SMILES string of the molecule is CC(CCC(=O)OCCN1CCOCC1)C1CC[C@H]2[C@@H]3C(=O)C[C@@H]4CC(=O)CC[C@]4(C)[C@H]3CC(=O)[C@]12C. The van der Waals surface area contributed by atoms with Gasteiger partial charge in [-0.25, -0.2) is 0 Å². The van der Waals surface area contributed by atoms with Crippen LogP contribution in [-0.2, 0) is 28.7 Å². The zero-order valence-electron chi connectivity index (χ0n) is 23.0. The summed E-state index contributed by atoms with van der Waals surface area (Å²) < 4.78 is 10.9. The third-order valence-electron chi connectivity index (χ3n) is 11.5. The molecule has 206 valence electrons. The molecule has 1 saturated heterocycles. The molecule has 0 radical (unpaired) electrons. The molecule has 4 saturated carbocycles. The van der Waals surface area contributed by atoms with E-state index in [1.165, 1.54) is 0 Å². The number of rotatable bonds is 7. The molecule has 8 atom stereocenters. The first-order valence-electron chi connectivity index (χ1n) is 14.7. The molecule has 0 aromatic heterocycles. The molecule has 37 heavy (non-hydrogen) atoms. The molecule has 2 unspecified atom stereocenters. The lowest BCUT2D eigenvalue weighted by Crippen LogP contribution is -2.60. The van der Waals surface area contributed by atoms with Gasteiger partial charge in [0, 0.05) is 63.1 Å². The van der Waals surface area contributed by atoms with Crippen molar-refractivity contribution in [1.29, 1.82) is 0 Å². The van der Waals surface area contributed by atoms with E-state index >= 15 is 0 Å². The molecule has 0 bridgehead atoms. The maximum atomic E-state index is 13.9. The highest BCUT2D eigenvalue weighted by Gasteiger charge is 2.66. The Bertz CT molecular complexity index is 927. The van der Waals surface area contributed by atoms with Gasteiger partial charge < -0.3 is 9.47 Å². The van der Waals surface area contributed by atoms with Crippen molar-refractivity contribution in [2.45, 2.75) is 78.6 Å². The largest absolute Gasteiger partial charge is 0.464 e. The second-order valence-electron chi connectivity index (χ2n) is 13.1. The highest BCUT2D eigenvalue weighted by molar-refractivity contribution is 5.93. The summed E-state index contributed by atoms with van der Waals surface area (Å²) in [6.45, 7) is 10.9. The Labute approximate surface area is 221 Å². The molecule has 1 heterocycles. The molecule has 1 aliphatic heterocycles. The number of esters is 1. The Morgan fingerprint density at radius 1 is 1.08 bits per heavy atom. The van der Waals surface area contributed by atoms with Gasteiger partial charge in [0.2, 0.25) is 0 Å². The van der Waals surface area contributed by atoms with E-state index in [9.17, 15) is 19.2 Å². The van der Waals surface area contributed by atoms with Crippen LogP contribution in [0.25, 0.3) is 0 Å². The summed E-state index contributed by atoms with van der Waals surface area (Å²) >= 11 is 0. The van der Waals surface area contributed by atoms with Crippen LogP contribution in [0, 0.1) is 46.3 Å². The average molecular weight is 516 g/mol. The second-order valence-corrected chi connectivity index (χ2v) is 13.1. The van der Waals surface area contributed by atoms with Gasteiger partial charge in [-0.2, -0.15) is 0 Å². The van der Waals surface area contributed by atoms with Gasteiger partial charge in [0.15, 0.2) is 0 Å². The van der Waals surface area contributed by atoms with Crippen LogP contribution < -0.4 is 0 Å². The lowest BCUT2D eigenvalue weighted by atomic mass is 9.44. The molecule has 5 fully saturated rings. The summed E-state index contributed by atoms with van der Waals surface area (Å²) in [6.07, 6.45) is 5.80. The summed E-state index contributed by atoms with van der Waals surface area (Å²) in [5, 5.41) is 0. The van der Waals surface area contributed by atoms with E-state index < -0.39 is 5.41 Å². The molecule has 5 rings (SSSR count). The van der Waals surface area contributed by atoms with Crippen molar-refractivity contribution in [3.05, 3.63) is 0 Å². The van der Waals surface area contributed by atoms with E-state index in [2.05, 4.69) is 25.7 Å². The smallest absolute Gasteiger partial charge is 0.305 e. The molecule has 0 aromatic rings. The minimum Gasteiger partial charge on any atom is -0.464 e. The monoisotopic (exact) mass is 515 g/mol. The fourth-order valence-corrected chi connectivity index (χ4v) is 9.12. The second kappa shape index (κ2) is 10.5. The van der Waals surface area contributed by atoms with Crippen LogP contribution in [-0.4, -0.2) is 67.7 Å². The summed E-state index contributed by atoms with van der Waals surface area (Å²) in [5.74, 6) is 1.34. The van der Waals surface area contributed by atoms with Crippen molar-refractivity contribution >= 4 is 23.3 Å². The number of morpholine rings is 1. The number of ether oxygens (including phenoxy) is 2. The van der Waals surface area contributed by atoms with E-state index in [-0.39, 0.29) is 52.7 Å². The maximum absolute atomic E-state index is 13.9. The van der Waals surface area contributed by atoms with E-state index in [1.807, 2.05) is 0 Å². The zero-order chi connectivity index (χ0) is 26.4. The lowest BCUT2D eigenvalue weighted by Gasteiger charge is -2.58. The van der Waals surface area contributed by atoms with Gasteiger partial charge in [-0.3, -0.25) is 24.1 Å². The Balaban J connectivity index is 1.20. The van der Waals surface area contributed by atoms with Gasteiger partial charge in [-0.1, -0.05) is 20.8 Å². The van der Waals surface area contributed by atoms with E-state index in [0.29, 0.717) is 56.7 Å². The van der Waals surface area contributed by atoms with Crippen LogP contribution in [0.5, 0.6) is 0 Å². The van der Waals surface area contributed by atoms with Crippen molar-refractivity contribution in [2.24, 2.45) is 46.3 Å². The van der Waals surface area contributed by atoms with Gasteiger partial charge in [0.1, 0.15) is 24.0 Å². The molecule has 7 heteroatoms. The Kier molecular flexibility index (Phi) is 7.67. The summed E-state index contributed by atoms with van der Waals surface area (Å²) in [6, 6.07) is 0. The molecular formula is C30H45NO6.